The highest BCUT2D eigenvalue weighted by Gasteiger charge is 2.24. The van der Waals surface area contributed by atoms with Crippen molar-refractivity contribution in [3.8, 4) is 17.3 Å². The van der Waals surface area contributed by atoms with Gasteiger partial charge in [-0.15, -0.1) is 0 Å². The summed E-state index contributed by atoms with van der Waals surface area (Å²) in [6.45, 7) is 9.11. The van der Waals surface area contributed by atoms with Gasteiger partial charge in [0.1, 0.15) is 5.75 Å². The molecule has 0 spiro atoms. The van der Waals surface area contributed by atoms with Crippen molar-refractivity contribution >= 4 is 5.91 Å². The number of aryl methyl sites for hydroxylation is 1. The molecule has 5 heteroatoms. The van der Waals surface area contributed by atoms with Crippen LogP contribution in [0.1, 0.15) is 38.4 Å². The van der Waals surface area contributed by atoms with Gasteiger partial charge in [-0.3, -0.25) is 4.79 Å². The van der Waals surface area contributed by atoms with E-state index in [-0.39, 0.29) is 11.8 Å². The first kappa shape index (κ1) is 20.6. The van der Waals surface area contributed by atoms with Crippen LogP contribution in [0.2, 0.25) is 0 Å². The molecule has 0 saturated heterocycles. The summed E-state index contributed by atoms with van der Waals surface area (Å²) in [7, 11) is 0. The van der Waals surface area contributed by atoms with Crippen molar-refractivity contribution in [2.45, 2.75) is 40.7 Å². The average Bonchev–Trinajstić information content (AvgIpc) is 3.03. The lowest BCUT2D eigenvalue weighted by molar-refractivity contribution is -0.135. The van der Waals surface area contributed by atoms with Gasteiger partial charge in [-0.25, -0.2) is 4.68 Å². The summed E-state index contributed by atoms with van der Waals surface area (Å²) in [5, 5.41) is 4.75. The smallest absolute Gasteiger partial charge is 0.227 e. The molecule has 0 unspecified atom stereocenters. The molecular formula is C24H29N3O2. The molecule has 0 bridgehead atoms. The summed E-state index contributed by atoms with van der Waals surface area (Å²) in [4.78, 5) is 14.7. The van der Waals surface area contributed by atoms with Gasteiger partial charge in [0.25, 0.3) is 0 Å². The highest BCUT2D eigenvalue weighted by Crippen LogP contribution is 2.31. The number of rotatable bonds is 8. The summed E-state index contributed by atoms with van der Waals surface area (Å²) >= 11 is 0. The Balaban J connectivity index is 2.05. The first-order valence-electron chi connectivity index (χ1n) is 10.2. The van der Waals surface area contributed by atoms with Gasteiger partial charge in [0.05, 0.1) is 23.5 Å². The second-order valence-corrected chi connectivity index (χ2v) is 7.45. The van der Waals surface area contributed by atoms with Crippen LogP contribution in [0, 0.1) is 12.8 Å². The lowest BCUT2D eigenvalue weighted by atomic mass is 10.1. The maximum atomic E-state index is 12.8. The molecule has 0 aliphatic rings. The van der Waals surface area contributed by atoms with E-state index in [2.05, 4.69) is 6.92 Å². The van der Waals surface area contributed by atoms with E-state index in [0.29, 0.717) is 19.0 Å². The molecule has 5 nitrogen and oxygen atoms in total. The summed E-state index contributed by atoms with van der Waals surface area (Å²) in [5.41, 5.74) is 2.71. The van der Waals surface area contributed by atoms with Crippen LogP contribution in [0.3, 0.4) is 0 Å². The van der Waals surface area contributed by atoms with Crippen molar-refractivity contribution in [2.24, 2.45) is 5.92 Å². The minimum atomic E-state index is -0.0514. The molecule has 0 saturated carbocycles. The van der Waals surface area contributed by atoms with E-state index >= 15 is 0 Å². The van der Waals surface area contributed by atoms with Gasteiger partial charge in [0.2, 0.25) is 11.8 Å². The van der Waals surface area contributed by atoms with Gasteiger partial charge < -0.3 is 9.64 Å². The fourth-order valence-corrected chi connectivity index (χ4v) is 3.26. The van der Waals surface area contributed by atoms with E-state index in [9.17, 15) is 4.79 Å². The van der Waals surface area contributed by atoms with Crippen molar-refractivity contribution in [3.05, 3.63) is 71.9 Å². The largest absolute Gasteiger partial charge is 0.439 e. The second-order valence-electron chi connectivity index (χ2n) is 7.45. The minimum absolute atomic E-state index is 0.0514. The van der Waals surface area contributed by atoms with Crippen LogP contribution in [-0.4, -0.2) is 27.1 Å². The van der Waals surface area contributed by atoms with Gasteiger partial charge in [0, 0.05) is 12.5 Å². The maximum absolute atomic E-state index is 12.8. The zero-order chi connectivity index (χ0) is 20.8. The molecule has 3 rings (SSSR count). The van der Waals surface area contributed by atoms with Crippen molar-refractivity contribution < 1.29 is 9.53 Å². The number of carbonyl (C=O) groups excluding carboxylic acids is 1. The predicted octanol–water partition coefficient (Wildman–Crippen LogP) is 5.37. The highest BCUT2D eigenvalue weighted by molar-refractivity contribution is 5.78. The number of amides is 1. The third kappa shape index (κ3) is 4.86. The molecule has 0 aliphatic heterocycles. The summed E-state index contributed by atoms with van der Waals surface area (Å²) < 4.78 is 8.12. The zero-order valence-electron chi connectivity index (χ0n) is 17.6. The molecule has 0 atom stereocenters. The Labute approximate surface area is 172 Å². The molecule has 0 fully saturated rings. The molecule has 1 heterocycles. The first-order valence-corrected chi connectivity index (χ1v) is 10.2. The van der Waals surface area contributed by atoms with E-state index in [0.717, 1.165) is 29.1 Å². The first-order chi connectivity index (χ1) is 14.0. The number of aromatic nitrogens is 2. The standard InChI is InChI=1S/C24H29N3O2/c1-5-16-26(23(28)18(2)3)17-22-19(4)25-27(20-12-8-6-9-13-20)24(22)29-21-14-10-7-11-15-21/h6-15,18H,5,16-17H2,1-4H3. The van der Waals surface area contributed by atoms with Crippen LogP contribution in [0.4, 0.5) is 0 Å². The molecule has 2 aromatic carbocycles. The van der Waals surface area contributed by atoms with E-state index in [1.54, 1.807) is 0 Å². The number of para-hydroxylation sites is 2. The fraction of sp³-hybridized carbons (Fsp3) is 0.333. The van der Waals surface area contributed by atoms with Crippen LogP contribution < -0.4 is 4.74 Å². The summed E-state index contributed by atoms with van der Waals surface area (Å²) in [6.07, 6.45) is 0.902. The van der Waals surface area contributed by atoms with Crippen LogP contribution in [-0.2, 0) is 11.3 Å². The predicted molar refractivity (Wildman–Crippen MR) is 115 cm³/mol. The molecular weight excluding hydrogens is 362 g/mol. The van der Waals surface area contributed by atoms with Gasteiger partial charge in [0.15, 0.2) is 0 Å². The third-order valence-corrected chi connectivity index (χ3v) is 4.74. The lowest BCUT2D eigenvalue weighted by Gasteiger charge is -2.24. The molecule has 1 amide bonds. The number of ether oxygens (including phenoxy) is 1. The molecule has 0 radical (unpaired) electrons. The number of nitrogens with zero attached hydrogens (tertiary/aromatic N) is 3. The topological polar surface area (TPSA) is 47.4 Å². The Morgan fingerprint density at radius 3 is 2.28 bits per heavy atom. The van der Waals surface area contributed by atoms with Gasteiger partial charge in [-0.1, -0.05) is 57.2 Å². The molecule has 29 heavy (non-hydrogen) atoms. The highest BCUT2D eigenvalue weighted by atomic mass is 16.5. The maximum Gasteiger partial charge on any atom is 0.227 e. The Bertz CT molecular complexity index is 934. The van der Waals surface area contributed by atoms with E-state index in [1.165, 1.54) is 0 Å². The second kappa shape index (κ2) is 9.41. The Hall–Kier alpha value is -3.08. The van der Waals surface area contributed by atoms with Gasteiger partial charge in [-0.2, -0.15) is 5.10 Å². The van der Waals surface area contributed by atoms with Crippen LogP contribution in [0.15, 0.2) is 60.7 Å². The lowest BCUT2D eigenvalue weighted by Crippen LogP contribution is -2.34. The van der Waals surface area contributed by atoms with Crippen LogP contribution in [0.25, 0.3) is 5.69 Å². The van der Waals surface area contributed by atoms with E-state index < -0.39 is 0 Å². The quantitative estimate of drug-likeness (QED) is 0.519. The monoisotopic (exact) mass is 391 g/mol. The van der Waals surface area contributed by atoms with Crippen molar-refractivity contribution in [3.63, 3.8) is 0 Å². The molecule has 1 aromatic heterocycles. The van der Waals surface area contributed by atoms with Gasteiger partial charge >= 0.3 is 0 Å². The minimum Gasteiger partial charge on any atom is -0.439 e. The average molecular weight is 392 g/mol. The number of hydrogen-bond acceptors (Lipinski definition) is 3. The SMILES string of the molecule is CCCN(Cc1c(C)nn(-c2ccccc2)c1Oc1ccccc1)C(=O)C(C)C. The summed E-state index contributed by atoms with van der Waals surface area (Å²) in [6, 6.07) is 19.6. The van der Waals surface area contributed by atoms with E-state index in [4.69, 9.17) is 9.84 Å². The Morgan fingerprint density at radius 2 is 1.69 bits per heavy atom. The molecule has 0 aliphatic carbocycles. The normalized spacial score (nSPS) is 10.9. The zero-order valence-corrected chi connectivity index (χ0v) is 17.6. The van der Waals surface area contributed by atoms with E-state index in [1.807, 2.05) is 91.0 Å². The van der Waals surface area contributed by atoms with Crippen molar-refractivity contribution in [2.75, 3.05) is 6.54 Å². The Morgan fingerprint density at radius 1 is 1.07 bits per heavy atom. The van der Waals surface area contributed by atoms with Crippen LogP contribution in [0.5, 0.6) is 11.6 Å². The Kier molecular flexibility index (Phi) is 6.70. The van der Waals surface area contributed by atoms with Crippen molar-refractivity contribution in [1.82, 2.24) is 14.7 Å². The number of hydrogen-bond donors (Lipinski definition) is 0. The number of benzene rings is 2. The molecule has 152 valence electrons. The third-order valence-electron chi connectivity index (χ3n) is 4.74. The van der Waals surface area contributed by atoms with Crippen molar-refractivity contribution in [1.29, 1.82) is 0 Å². The summed E-state index contributed by atoms with van der Waals surface area (Å²) in [5.74, 6) is 1.48. The fourth-order valence-electron chi connectivity index (χ4n) is 3.26. The van der Waals surface area contributed by atoms with Gasteiger partial charge in [-0.05, 0) is 37.6 Å². The molecule has 3 aromatic rings. The number of carbonyl (C=O) groups is 1. The molecule has 0 N–H and O–H groups in total. The van der Waals surface area contributed by atoms with Crippen LogP contribution >= 0.6 is 0 Å².